The molecule has 2 rings (SSSR count). The lowest BCUT2D eigenvalue weighted by atomic mass is 10.2. The summed E-state index contributed by atoms with van der Waals surface area (Å²) in [6.07, 6.45) is 3.21. The van der Waals surface area contributed by atoms with E-state index in [2.05, 4.69) is 21.2 Å². The molecule has 0 saturated carbocycles. The molecule has 2 aromatic carbocycles. The van der Waals surface area contributed by atoms with Gasteiger partial charge in [-0.05, 0) is 40.2 Å². The van der Waals surface area contributed by atoms with Gasteiger partial charge in [-0.2, -0.15) is 0 Å². The second-order valence-corrected chi connectivity index (χ2v) is 4.90. The quantitative estimate of drug-likeness (QED) is 0.856. The average Bonchev–Trinajstić information content (AvgIpc) is 2.48. The van der Waals surface area contributed by atoms with Gasteiger partial charge in [0.15, 0.2) is 0 Å². The number of hydrogen-bond donors (Lipinski definition) is 1. The Morgan fingerprint density at radius 1 is 1.15 bits per heavy atom. The minimum atomic E-state index is -0.192. The van der Waals surface area contributed by atoms with Gasteiger partial charge in [0.2, 0.25) is 5.91 Å². The molecule has 1 N–H and O–H groups in total. The van der Waals surface area contributed by atoms with Crippen molar-refractivity contribution in [2.75, 3.05) is 12.4 Å². The monoisotopic (exact) mass is 331 g/mol. The Kier molecular flexibility index (Phi) is 4.96. The summed E-state index contributed by atoms with van der Waals surface area (Å²) in [7, 11) is 1.60. The van der Waals surface area contributed by atoms with E-state index in [1.165, 1.54) is 6.08 Å². The third-order valence-electron chi connectivity index (χ3n) is 2.68. The number of halogens is 1. The van der Waals surface area contributed by atoms with Gasteiger partial charge in [-0.15, -0.1) is 0 Å². The first-order valence-corrected chi connectivity index (χ1v) is 6.86. The van der Waals surface area contributed by atoms with Crippen LogP contribution in [0.25, 0.3) is 6.08 Å². The van der Waals surface area contributed by atoms with Gasteiger partial charge in [0.05, 0.1) is 12.8 Å². The van der Waals surface area contributed by atoms with E-state index in [4.69, 9.17) is 4.74 Å². The van der Waals surface area contributed by atoms with Crippen LogP contribution in [-0.4, -0.2) is 13.0 Å². The second-order valence-electron chi connectivity index (χ2n) is 4.04. The number of rotatable bonds is 4. The molecule has 20 heavy (non-hydrogen) atoms. The number of methoxy groups -OCH3 is 1. The molecule has 0 atom stereocenters. The molecule has 0 heterocycles. The van der Waals surface area contributed by atoms with E-state index in [0.717, 1.165) is 21.5 Å². The topological polar surface area (TPSA) is 38.3 Å². The lowest BCUT2D eigenvalue weighted by Crippen LogP contribution is -2.08. The van der Waals surface area contributed by atoms with E-state index in [1.807, 2.05) is 48.5 Å². The second kappa shape index (κ2) is 6.91. The molecule has 1 amide bonds. The summed E-state index contributed by atoms with van der Waals surface area (Å²) in [4.78, 5) is 11.9. The smallest absolute Gasteiger partial charge is 0.248 e. The summed E-state index contributed by atoms with van der Waals surface area (Å²) < 4.78 is 6.07. The van der Waals surface area contributed by atoms with Crippen LogP contribution in [-0.2, 0) is 4.79 Å². The van der Waals surface area contributed by atoms with E-state index < -0.39 is 0 Å². The molecule has 0 spiro atoms. The van der Waals surface area contributed by atoms with Gasteiger partial charge >= 0.3 is 0 Å². The molecule has 0 bridgehead atoms. The maximum atomic E-state index is 11.9. The van der Waals surface area contributed by atoms with Gasteiger partial charge in [-0.3, -0.25) is 4.79 Å². The number of carbonyl (C=O) groups is 1. The van der Waals surface area contributed by atoms with Crippen molar-refractivity contribution in [3.8, 4) is 5.75 Å². The number of carbonyl (C=O) groups excluding carboxylic acids is 1. The van der Waals surface area contributed by atoms with E-state index in [9.17, 15) is 4.79 Å². The Morgan fingerprint density at radius 3 is 2.60 bits per heavy atom. The highest BCUT2D eigenvalue weighted by Crippen LogP contribution is 2.22. The highest BCUT2D eigenvalue weighted by molar-refractivity contribution is 9.10. The highest BCUT2D eigenvalue weighted by atomic mass is 79.9. The number of nitrogens with one attached hydrogen (secondary N) is 1. The summed E-state index contributed by atoms with van der Waals surface area (Å²) in [5.74, 6) is 0.542. The number of hydrogen-bond acceptors (Lipinski definition) is 2. The van der Waals surface area contributed by atoms with Crippen LogP contribution in [0.2, 0.25) is 0 Å². The SMILES string of the molecule is COc1ccccc1C=CC(=O)Nc1ccccc1Br. The zero-order valence-corrected chi connectivity index (χ0v) is 12.6. The van der Waals surface area contributed by atoms with Crippen LogP contribution >= 0.6 is 15.9 Å². The van der Waals surface area contributed by atoms with Crippen molar-refractivity contribution in [2.24, 2.45) is 0 Å². The molecule has 0 radical (unpaired) electrons. The third-order valence-corrected chi connectivity index (χ3v) is 3.38. The van der Waals surface area contributed by atoms with Crippen molar-refractivity contribution in [1.29, 1.82) is 0 Å². The van der Waals surface area contributed by atoms with Gasteiger partial charge in [-0.25, -0.2) is 0 Å². The third kappa shape index (κ3) is 3.71. The van der Waals surface area contributed by atoms with E-state index in [0.29, 0.717) is 0 Å². The zero-order valence-electron chi connectivity index (χ0n) is 11.0. The molecule has 4 heteroatoms. The number of para-hydroxylation sites is 2. The van der Waals surface area contributed by atoms with Crippen molar-refractivity contribution in [1.82, 2.24) is 0 Å². The fourth-order valence-electron chi connectivity index (χ4n) is 1.71. The van der Waals surface area contributed by atoms with Crippen LogP contribution < -0.4 is 10.1 Å². The Morgan fingerprint density at radius 2 is 1.85 bits per heavy atom. The Hall–Kier alpha value is -2.07. The first-order chi connectivity index (χ1) is 9.70. The summed E-state index contributed by atoms with van der Waals surface area (Å²) >= 11 is 3.38. The Bertz CT molecular complexity index is 638. The number of amides is 1. The Balaban J connectivity index is 2.08. The number of anilines is 1. The molecule has 0 aromatic heterocycles. The molecule has 3 nitrogen and oxygen atoms in total. The van der Waals surface area contributed by atoms with Gasteiger partial charge < -0.3 is 10.1 Å². The maximum absolute atomic E-state index is 11.9. The van der Waals surface area contributed by atoms with Crippen LogP contribution in [0.5, 0.6) is 5.75 Å². The molecule has 0 saturated heterocycles. The molecular formula is C16H14BrNO2. The minimum Gasteiger partial charge on any atom is -0.496 e. The fraction of sp³-hybridized carbons (Fsp3) is 0.0625. The molecule has 0 aliphatic rings. The van der Waals surface area contributed by atoms with Gasteiger partial charge in [0.25, 0.3) is 0 Å². The summed E-state index contributed by atoms with van der Waals surface area (Å²) in [6.45, 7) is 0. The number of benzene rings is 2. The van der Waals surface area contributed by atoms with E-state index >= 15 is 0 Å². The first kappa shape index (κ1) is 14.3. The molecule has 0 aliphatic heterocycles. The predicted octanol–water partition coefficient (Wildman–Crippen LogP) is 4.11. The van der Waals surface area contributed by atoms with Crippen molar-refractivity contribution >= 4 is 33.6 Å². The lowest BCUT2D eigenvalue weighted by Gasteiger charge is -2.05. The molecule has 0 aliphatic carbocycles. The molecule has 102 valence electrons. The van der Waals surface area contributed by atoms with Gasteiger partial charge in [-0.1, -0.05) is 30.3 Å². The van der Waals surface area contributed by atoms with Crippen LogP contribution in [0.3, 0.4) is 0 Å². The largest absolute Gasteiger partial charge is 0.496 e. The normalized spacial score (nSPS) is 10.5. The molecule has 2 aromatic rings. The van der Waals surface area contributed by atoms with Crippen molar-refractivity contribution < 1.29 is 9.53 Å². The van der Waals surface area contributed by atoms with Crippen LogP contribution in [0, 0.1) is 0 Å². The summed E-state index contributed by atoms with van der Waals surface area (Å²) in [5, 5.41) is 2.80. The highest BCUT2D eigenvalue weighted by Gasteiger charge is 2.02. The first-order valence-electron chi connectivity index (χ1n) is 6.07. The zero-order chi connectivity index (χ0) is 14.4. The average molecular weight is 332 g/mol. The van der Waals surface area contributed by atoms with Gasteiger partial charge in [0.1, 0.15) is 5.75 Å². The lowest BCUT2D eigenvalue weighted by molar-refractivity contribution is -0.111. The van der Waals surface area contributed by atoms with Crippen molar-refractivity contribution in [2.45, 2.75) is 0 Å². The van der Waals surface area contributed by atoms with Gasteiger partial charge in [0, 0.05) is 16.1 Å². The van der Waals surface area contributed by atoms with Crippen molar-refractivity contribution in [3.05, 3.63) is 64.6 Å². The van der Waals surface area contributed by atoms with Crippen LogP contribution in [0.1, 0.15) is 5.56 Å². The molecule has 0 unspecified atom stereocenters. The fourth-order valence-corrected chi connectivity index (χ4v) is 2.09. The van der Waals surface area contributed by atoms with Crippen LogP contribution in [0.4, 0.5) is 5.69 Å². The van der Waals surface area contributed by atoms with Crippen LogP contribution in [0.15, 0.2) is 59.1 Å². The van der Waals surface area contributed by atoms with Crippen molar-refractivity contribution in [3.63, 3.8) is 0 Å². The molecular weight excluding hydrogens is 318 g/mol. The minimum absolute atomic E-state index is 0.192. The molecule has 0 fully saturated rings. The standard InChI is InChI=1S/C16H14BrNO2/c1-20-15-9-5-2-6-12(15)10-11-16(19)18-14-8-4-3-7-13(14)17/h2-11H,1H3,(H,18,19). The maximum Gasteiger partial charge on any atom is 0.248 e. The summed E-state index contributed by atoms with van der Waals surface area (Å²) in [5.41, 5.74) is 1.60. The Labute approximate surface area is 126 Å². The number of ether oxygens (including phenoxy) is 1. The van der Waals surface area contributed by atoms with E-state index in [-0.39, 0.29) is 5.91 Å². The summed E-state index contributed by atoms with van der Waals surface area (Å²) in [6, 6.07) is 15.0. The predicted molar refractivity (Wildman–Crippen MR) is 84.8 cm³/mol. The van der Waals surface area contributed by atoms with E-state index in [1.54, 1.807) is 13.2 Å².